The molecule has 1 aromatic rings. The number of aromatic nitrogens is 2. The zero-order valence-electron chi connectivity index (χ0n) is 11.0. The predicted octanol–water partition coefficient (Wildman–Crippen LogP) is 0.392. The van der Waals surface area contributed by atoms with Crippen LogP contribution in [-0.2, 0) is 4.79 Å². The lowest BCUT2D eigenvalue weighted by molar-refractivity contribution is -0.122. The lowest BCUT2D eigenvalue weighted by Crippen LogP contribution is -2.41. The van der Waals surface area contributed by atoms with Crippen LogP contribution in [0.4, 0.5) is 11.8 Å². The van der Waals surface area contributed by atoms with Gasteiger partial charge in [0.15, 0.2) is 0 Å². The monoisotopic (exact) mass is 253 g/mol. The van der Waals surface area contributed by atoms with Crippen LogP contribution in [-0.4, -0.2) is 35.1 Å². The molecule has 1 aromatic heterocycles. The van der Waals surface area contributed by atoms with Gasteiger partial charge in [-0.3, -0.25) is 4.79 Å². The third-order valence-corrected chi connectivity index (χ3v) is 2.12. The summed E-state index contributed by atoms with van der Waals surface area (Å²) >= 11 is 0. The minimum atomic E-state index is -0.425. The third kappa shape index (κ3) is 4.08. The first-order chi connectivity index (χ1) is 8.42. The number of carbonyl (C=O) groups excluding carboxylic acids is 1. The molecule has 18 heavy (non-hydrogen) atoms. The largest absolute Gasteiger partial charge is 0.481 e. The Morgan fingerprint density at radius 2 is 2.06 bits per heavy atom. The first-order valence-corrected chi connectivity index (χ1v) is 5.68. The van der Waals surface area contributed by atoms with E-state index in [9.17, 15) is 4.79 Å². The molecule has 1 rings (SSSR count). The molecule has 7 nitrogen and oxygen atoms in total. The summed E-state index contributed by atoms with van der Waals surface area (Å²) in [5.74, 6) is 0.779. The average Bonchev–Trinajstić information content (AvgIpc) is 2.27. The van der Waals surface area contributed by atoms with Crippen molar-refractivity contribution in [2.75, 3.05) is 18.2 Å². The van der Waals surface area contributed by atoms with Gasteiger partial charge in [-0.05, 0) is 20.8 Å². The Hall–Kier alpha value is -2.05. The number of ether oxygens (including phenoxy) is 1. The molecular formula is C11H19N5O2. The molecule has 0 aliphatic carbocycles. The molecule has 0 radical (unpaired) electrons. The number of nitrogen functional groups attached to an aromatic ring is 1. The van der Waals surface area contributed by atoms with Crippen molar-refractivity contribution in [1.82, 2.24) is 15.3 Å². The topological polar surface area (TPSA) is 102 Å². The van der Waals surface area contributed by atoms with E-state index < -0.39 is 6.04 Å². The van der Waals surface area contributed by atoms with Crippen molar-refractivity contribution in [3.05, 3.63) is 6.07 Å². The zero-order chi connectivity index (χ0) is 13.7. The van der Waals surface area contributed by atoms with Crippen molar-refractivity contribution in [1.29, 1.82) is 0 Å². The van der Waals surface area contributed by atoms with Crippen LogP contribution in [0.25, 0.3) is 0 Å². The maximum absolute atomic E-state index is 11.7. The Kier molecular flexibility index (Phi) is 4.70. The number of amides is 1. The maximum Gasteiger partial charge on any atom is 0.242 e. The van der Waals surface area contributed by atoms with Gasteiger partial charge in [0.1, 0.15) is 11.9 Å². The van der Waals surface area contributed by atoms with E-state index in [-0.39, 0.29) is 17.9 Å². The molecule has 0 fully saturated rings. The number of nitrogens with zero attached hydrogens (tertiary/aromatic N) is 2. The van der Waals surface area contributed by atoms with E-state index in [0.29, 0.717) is 11.7 Å². The molecule has 1 heterocycles. The molecule has 100 valence electrons. The summed E-state index contributed by atoms with van der Waals surface area (Å²) in [6.45, 7) is 5.54. The number of hydrogen-bond acceptors (Lipinski definition) is 6. The van der Waals surface area contributed by atoms with Crippen LogP contribution >= 0.6 is 0 Å². The Morgan fingerprint density at radius 3 is 2.61 bits per heavy atom. The SMILES string of the molecule is COc1cc(NC(C)C(=O)NC(C)C)nc(N)n1. The summed E-state index contributed by atoms with van der Waals surface area (Å²) in [5.41, 5.74) is 5.52. The van der Waals surface area contributed by atoms with Gasteiger partial charge in [-0.1, -0.05) is 0 Å². The highest BCUT2D eigenvalue weighted by atomic mass is 16.5. The molecule has 1 atom stereocenters. The van der Waals surface area contributed by atoms with Crippen LogP contribution in [0.5, 0.6) is 5.88 Å². The van der Waals surface area contributed by atoms with Crippen LogP contribution in [0.2, 0.25) is 0 Å². The number of methoxy groups -OCH3 is 1. The number of nitrogens with one attached hydrogen (secondary N) is 2. The molecule has 0 spiro atoms. The van der Waals surface area contributed by atoms with Crippen LogP contribution in [0.1, 0.15) is 20.8 Å². The fraction of sp³-hybridized carbons (Fsp3) is 0.545. The highest BCUT2D eigenvalue weighted by molar-refractivity contribution is 5.84. The molecule has 1 amide bonds. The molecular weight excluding hydrogens is 234 g/mol. The van der Waals surface area contributed by atoms with Crippen LogP contribution in [0, 0.1) is 0 Å². The summed E-state index contributed by atoms with van der Waals surface area (Å²) < 4.78 is 4.97. The number of hydrogen-bond donors (Lipinski definition) is 3. The zero-order valence-corrected chi connectivity index (χ0v) is 11.0. The molecule has 0 aliphatic heterocycles. The second kappa shape index (κ2) is 6.04. The van der Waals surface area contributed by atoms with Gasteiger partial charge >= 0.3 is 0 Å². The lowest BCUT2D eigenvalue weighted by atomic mass is 10.3. The first kappa shape index (κ1) is 14.0. The second-order valence-corrected chi connectivity index (χ2v) is 4.18. The van der Waals surface area contributed by atoms with Crippen molar-refractivity contribution < 1.29 is 9.53 Å². The van der Waals surface area contributed by atoms with E-state index in [2.05, 4.69) is 20.6 Å². The van der Waals surface area contributed by atoms with E-state index >= 15 is 0 Å². The fourth-order valence-corrected chi connectivity index (χ4v) is 1.32. The highest BCUT2D eigenvalue weighted by Crippen LogP contribution is 2.14. The summed E-state index contributed by atoms with van der Waals surface area (Å²) in [6, 6.07) is 1.24. The molecule has 0 aliphatic rings. The van der Waals surface area contributed by atoms with Crippen LogP contribution in [0.15, 0.2) is 6.07 Å². The Bertz CT molecular complexity index is 422. The molecule has 0 aromatic carbocycles. The maximum atomic E-state index is 11.7. The molecule has 7 heteroatoms. The van der Waals surface area contributed by atoms with E-state index in [1.54, 1.807) is 13.0 Å². The van der Waals surface area contributed by atoms with E-state index in [4.69, 9.17) is 10.5 Å². The van der Waals surface area contributed by atoms with Crippen molar-refractivity contribution in [3.63, 3.8) is 0 Å². The quantitative estimate of drug-likeness (QED) is 0.701. The van der Waals surface area contributed by atoms with Gasteiger partial charge in [0.05, 0.1) is 7.11 Å². The Labute approximate surface area is 106 Å². The number of nitrogens with two attached hydrogens (primary N) is 1. The van der Waals surface area contributed by atoms with Crippen molar-refractivity contribution in [2.24, 2.45) is 0 Å². The van der Waals surface area contributed by atoms with E-state index in [1.165, 1.54) is 7.11 Å². The standard InChI is InChI=1S/C11H19N5O2/c1-6(2)13-10(17)7(3)14-8-5-9(18-4)16-11(12)15-8/h5-7H,1-4H3,(H,13,17)(H3,12,14,15,16). The van der Waals surface area contributed by atoms with E-state index in [0.717, 1.165) is 0 Å². The van der Waals surface area contributed by atoms with Gasteiger partial charge in [-0.15, -0.1) is 0 Å². The van der Waals surface area contributed by atoms with Crippen molar-refractivity contribution in [3.8, 4) is 5.88 Å². The van der Waals surface area contributed by atoms with Gasteiger partial charge in [0.25, 0.3) is 0 Å². The summed E-state index contributed by atoms with van der Waals surface area (Å²) in [5, 5.41) is 5.74. The summed E-state index contributed by atoms with van der Waals surface area (Å²) in [6.07, 6.45) is 0. The molecule has 0 bridgehead atoms. The second-order valence-electron chi connectivity index (χ2n) is 4.18. The number of anilines is 2. The van der Waals surface area contributed by atoms with E-state index in [1.807, 2.05) is 13.8 Å². The Morgan fingerprint density at radius 1 is 1.39 bits per heavy atom. The highest BCUT2D eigenvalue weighted by Gasteiger charge is 2.14. The van der Waals surface area contributed by atoms with Gasteiger partial charge in [-0.25, -0.2) is 0 Å². The van der Waals surface area contributed by atoms with Gasteiger partial charge in [0, 0.05) is 12.1 Å². The average molecular weight is 253 g/mol. The smallest absolute Gasteiger partial charge is 0.242 e. The Balaban J connectivity index is 2.72. The van der Waals surface area contributed by atoms with Gasteiger partial charge in [-0.2, -0.15) is 9.97 Å². The lowest BCUT2D eigenvalue weighted by Gasteiger charge is -2.16. The summed E-state index contributed by atoms with van der Waals surface area (Å²) in [4.78, 5) is 19.6. The van der Waals surface area contributed by atoms with Gasteiger partial charge < -0.3 is 21.1 Å². The van der Waals surface area contributed by atoms with Crippen LogP contribution < -0.4 is 21.1 Å². The summed E-state index contributed by atoms with van der Waals surface area (Å²) in [7, 11) is 1.49. The first-order valence-electron chi connectivity index (χ1n) is 5.68. The number of carbonyl (C=O) groups is 1. The fourth-order valence-electron chi connectivity index (χ4n) is 1.32. The minimum absolute atomic E-state index is 0.0896. The van der Waals surface area contributed by atoms with Gasteiger partial charge in [0.2, 0.25) is 17.7 Å². The minimum Gasteiger partial charge on any atom is -0.481 e. The number of rotatable bonds is 5. The molecule has 4 N–H and O–H groups in total. The van der Waals surface area contributed by atoms with Crippen LogP contribution in [0.3, 0.4) is 0 Å². The van der Waals surface area contributed by atoms with Crippen molar-refractivity contribution >= 4 is 17.7 Å². The molecule has 0 saturated carbocycles. The normalized spacial score (nSPS) is 12.1. The van der Waals surface area contributed by atoms with Crippen molar-refractivity contribution in [2.45, 2.75) is 32.9 Å². The molecule has 0 saturated heterocycles. The predicted molar refractivity (Wildman–Crippen MR) is 69.4 cm³/mol. The molecule has 1 unspecified atom stereocenters. The third-order valence-electron chi connectivity index (χ3n) is 2.12.